The lowest BCUT2D eigenvalue weighted by Gasteiger charge is -2.16. The Bertz CT molecular complexity index is 591. The van der Waals surface area contributed by atoms with Crippen LogP contribution in [-0.4, -0.2) is 47.0 Å². The number of nitrogens with zero attached hydrogens (tertiary/aromatic N) is 1. The first kappa shape index (κ1) is 21.6. The summed E-state index contributed by atoms with van der Waals surface area (Å²) in [6.07, 6.45) is 4.21. The van der Waals surface area contributed by atoms with Gasteiger partial charge in [0.25, 0.3) is 0 Å². The van der Waals surface area contributed by atoms with E-state index in [0.29, 0.717) is 6.54 Å². The Balaban J connectivity index is 0.00000312. The molecule has 2 N–H and O–H groups in total. The van der Waals surface area contributed by atoms with E-state index in [0.717, 1.165) is 55.6 Å². The van der Waals surface area contributed by atoms with Crippen LogP contribution in [0, 0.1) is 0 Å². The highest BCUT2D eigenvalue weighted by molar-refractivity contribution is 14.0. The first-order chi connectivity index (χ1) is 11.8. The standard InChI is InChI=1S/C18H27N3O3.HI/c1-19-18(20-9-6-14-7-10-24-11-8-14)21-13-15-4-5-16(22-2)17(12-15)23-3;/h4-5,7,12H,6,8-11,13H2,1-3H3,(H2,19,20,21);1H. The van der Waals surface area contributed by atoms with Crippen LogP contribution in [-0.2, 0) is 11.3 Å². The van der Waals surface area contributed by atoms with Crippen LogP contribution in [0.4, 0.5) is 0 Å². The zero-order valence-corrected chi connectivity index (χ0v) is 17.5. The van der Waals surface area contributed by atoms with Gasteiger partial charge in [-0.15, -0.1) is 24.0 Å². The number of guanidine groups is 1. The maximum atomic E-state index is 5.33. The van der Waals surface area contributed by atoms with E-state index in [2.05, 4.69) is 21.7 Å². The molecular weight excluding hydrogens is 433 g/mol. The summed E-state index contributed by atoms with van der Waals surface area (Å²) >= 11 is 0. The SMILES string of the molecule is CN=C(NCCC1=CCOCC1)NCc1ccc(OC)c(OC)c1.I. The molecule has 0 amide bonds. The van der Waals surface area contributed by atoms with Gasteiger partial charge in [0.2, 0.25) is 0 Å². The van der Waals surface area contributed by atoms with Crippen molar-refractivity contribution < 1.29 is 14.2 Å². The average molecular weight is 461 g/mol. The van der Waals surface area contributed by atoms with Crippen molar-refractivity contribution in [1.82, 2.24) is 10.6 Å². The lowest BCUT2D eigenvalue weighted by atomic mass is 10.1. The molecule has 0 spiro atoms. The first-order valence-corrected chi connectivity index (χ1v) is 8.18. The van der Waals surface area contributed by atoms with Gasteiger partial charge >= 0.3 is 0 Å². The molecule has 1 aliphatic heterocycles. The van der Waals surface area contributed by atoms with Gasteiger partial charge in [0, 0.05) is 20.1 Å². The number of nitrogens with one attached hydrogen (secondary N) is 2. The van der Waals surface area contributed by atoms with Crippen LogP contribution >= 0.6 is 24.0 Å². The van der Waals surface area contributed by atoms with Gasteiger partial charge in [-0.1, -0.05) is 17.7 Å². The number of ether oxygens (including phenoxy) is 3. The van der Waals surface area contributed by atoms with Gasteiger partial charge in [-0.2, -0.15) is 0 Å². The van der Waals surface area contributed by atoms with Crippen LogP contribution in [0.25, 0.3) is 0 Å². The second-order valence-electron chi connectivity index (χ2n) is 5.48. The van der Waals surface area contributed by atoms with Crippen molar-refractivity contribution in [2.45, 2.75) is 19.4 Å². The normalized spacial score (nSPS) is 14.2. The highest BCUT2D eigenvalue weighted by Gasteiger charge is 2.06. The predicted octanol–water partition coefficient (Wildman–Crippen LogP) is 2.72. The van der Waals surface area contributed by atoms with Crippen LogP contribution in [0.1, 0.15) is 18.4 Å². The Kier molecular flexibility index (Phi) is 10.3. The van der Waals surface area contributed by atoms with Crippen molar-refractivity contribution in [2.24, 2.45) is 4.99 Å². The molecule has 0 fully saturated rings. The van der Waals surface area contributed by atoms with Crippen molar-refractivity contribution in [3.05, 3.63) is 35.4 Å². The molecule has 1 aliphatic rings. The topological polar surface area (TPSA) is 64.1 Å². The molecule has 0 saturated heterocycles. The molecule has 7 heteroatoms. The largest absolute Gasteiger partial charge is 0.493 e. The zero-order valence-electron chi connectivity index (χ0n) is 15.1. The molecule has 0 aliphatic carbocycles. The van der Waals surface area contributed by atoms with Crippen LogP contribution in [0.15, 0.2) is 34.8 Å². The fraction of sp³-hybridized carbons (Fsp3) is 0.500. The highest BCUT2D eigenvalue weighted by atomic mass is 127. The molecule has 6 nitrogen and oxygen atoms in total. The van der Waals surface area contributed by atoms with Crippen LogP contribution in [0.3, 0.4) is 0 Å². The van der Waals surface area contributed by atoms with E-state index in [1.54, 1.807) is 21.3 Å². The third-order valence-electron chi connectivity index (χ3n) is 3.93. The smallest absolute Gasteiger partial charge is 0.191 e. The summed E-state index contributed by atoms with van der Waals surface area (Å²) < 4.78 is 15.9. The van der Waals surface area contributed by atoms with Crippen molar-refractivity contribution in [2.75, 3.05) is 41.0 Å². The van der Waals surface area contributed by atoms with Gasteiger partial charge in [0.15, 0.2) is 17.5 Å². The van der Waals surface area contributed by atoms with E-state index in [9.17, 15) is 0 Å². The molecule has 0 bridgehead atoms. The number of aliphatic imine (C=N–C) groups is 1. The van der Waals surface area contributed by atoms with Crippen molar-refractivity contribution in [3.63, 3.8) is 0 Å². The maximum absolute atomic E-state index is 5.33. The number of halogens is 1. The molecule has 25 heavy (non-hydrogen) atoms. The van der Waals surface area contributed by atoms with E-state index in [4.69, 9.17) is 14.2 Å². The summed E-state index contributed by atoms with van der Waals surface area (Å²) in [6, 6.07) is 5.88. The lowest BCUT2D eigenvalue weighted by molar-refractivity contribution is 0.153. The Labute approximate surface area is 167 Å². The monoisotopic (exact) mass is 461 g/mol. The summed E-state index contributed by atoms with van der Waals surface area (Å²) in [6.45, 7) is 3.09. The fourth-order valence-corrected chi connectivity index (χ4v) is 2.53. The molecule has 1 heterocycles. The molecule has 2 rings (SSSR count). The zero-order chi connectivity index (χ0) is 17.2. The molecular formula is C18H28IN3O3. The summed E-state index contributed by atoms with van der Waals surface area (Å²) in [7, 11) is 5.05. The third-order valence-corrected chi connectivity index (χ3v) is 3.93. The average Bonchev–Trinajstić information content (AvgIpc) is 2.65. The maximum Gasteiger partial charge on any atom is 0.191 e. The van der Waals surface area contributed by atoms with E-state index >= 15 is 0 Å². The number of hydrogen-bond acceptors (Lipinski definition) is 4. The van der Waals surface area contributed by atoms with Crippen molar-refractivity contribution in [3.8, 4) is 11.5 Å². The lowest BCUT2D eigenvalue weighted by Crippen LogP contribution is -2.37. The summed E-state index contributed by atoms with van der Waals surface area (Å²) in [5.41, 5.74) is 2.55. The van der Waals surface area contributed by atoms with Gasteiger partial charge in [-0.05, 0) is 30.5 Å². The van der Waals surface area contributed by atoms with Gasteiger partial charge in [0.05, 0.1) is 27.4 Å². The Hall–Kier alpha value is -1.48. The molecule has 0 atom stereocenters. The van der Waals surface area contributed by atoms with Crippen molar-refractivity contribution >= 4 is 29.9 Å². The molecule has 0 saturated carbocycles. The highest BCUT2D eigenvalue weighted by Crippen LogP contribution is 2.27. The second-order valence-corrected chi connectivity index (χ2v) is 5.48. The fourth-order valence-electron chi connectivity index (χ4n) is 2.53. The predicted molar refractivity (Wildman–Crippen MR) is 111 cm³/mol. The molecule has 0 unspecified atom stereocenters. The molecule has 1 aromatic carbocycles. The first-order valence-electron chi connectivity index (χ1n) is 8.18. The summed E-state index contributed by atoms with van der Waals surface area (Å²) in [5.74, 6) is 2.25. The number of methoxy groups -OCH3 is 2. The van der Waals surface area contributed by atoms with Gasteiger partial charge in [-0.25, -0.2) is 0 Å². The molecule has 140 valence electrons. The minimum atomic E-state index is 0. The van der Waals surface area contributed by atoms with Crippen molar-refractivity contribution in [1.29, 1.82) is 0 Å². The third kappa shape index (κ3) is 7.11. The van der Waals surface area contributed by atoms with Crippen LogP contribution in [0.2, 0.25) is 0 Å². The van der Waals surface area contributed by atoms with Crippen LogP contribution < -0.4 is 20.1 Å². The van der Waals surface area contributed by atoms with Gasteiger partial charge < -0.3 is 24.8 Å². The quantitative estimate of drug-likeness (QED) is 0.283. The number of hydrogen-bond donors (Lipinski definition) is 2. The minimum absolute atomic E-state index is 0. The molecule has 0 radical (unpaired) electrons. The summed E-state index contributed by atoms with van der Waals surface area (Å²) in [4.78, 5) is 4.26. The van der Waals surface area contributed by atoms with Gasteiger partial charge in [-0.3, -0.25) is 4.99 Å². The van der Waals surface area contributed by atoms with E-state index in [-0.39, 0.29) is 24.0 Å². The number of rotatable bonds is 7. The minimum Gasteiger partial charge on any atom is -0.493 e. The van der Waals surface area contributed by atoms with E-state index in [1.165, 1.54) is 5.57 Å². The molecule has 0 aromatic heterocycles. The Morgan fingerprint density at radius 1 is 1.20 bits per heavy atom. The second kappa shape index (κ2) is 12.0. The Morgan fingerprint density at radius 3 is 2.64 bits per heavy atom. The van der Waals surface area contributed by atoms with E-state index < -0.39 is 0 Å². The van der Waals surface area contributed by atoms with Gasteiger partial charge in [0.1, 0.15) is 0 Å². The Morgan fingerprint density at radius 2 is 2.00 bits per heavy atom. The van der Waals surface area contributed by atoms with Crippen LogP contribution in [0.5, 0.6) is 11.5 Å². The molecule has 1 aromatic rings. The number of benzene rings is 1. The summed E-state index contributed by atoms with van der Waals surface area (Å²) in [5, 5.41) is 6.65. The van der Waals surface area contributed by atoms with E-state index in [1.807, 2.05) is 18.2 Å².